The number of fused-ring (bicyclic) bond motifs is 1. The number of halogens is 1. The standard InChI is InChI=1S/C24H28ClN5OS/c1-16(15-30-12-6-7-13-30)26-24(32)28-22-23(31)29(2)20-11-10-18(25)14-19(20)21(27-22)17-8-4-3-5-9-17/h3-5,8-11,14,16,22H,6-7,12-13,15H2,1-2H3,(H2,26,28,32). The van der Waals surface area contributed by atoms with Crippen molar-refractivity contribution in [1.82, 2.24) is 15.5 Å². The largest absolute Gasteiger partial charge is 0.359 e. The number of nitrogens with one attached hydrogen (secondary N) is 2. The third kappa shape index (κ3) is 5.11. The van der Waals surface area contributed by atoms with Crippen molar-refractivity contribution in [2.45, 2.75) is 32.0 Å². The predicted octanol–water partition coefficient (Wildman–Crippen LogP) is 3.43. The van der Waals surface area contributed by atoms with Crippen LogP contribution in [0.1, 0.15) is 30.9 Å². The molecule has 32 heavy (non-hydrogen) atoms. The van der Waals surface area contributed by atoms with Crippen molar-refractivity contribution < 1.29 is 4.79 Å². The number of amides is 1. The van der Waals surface area contributed by atoms with Crippen molar-refractivity contribution in [3.63, 3.8) is 0 Å². The molecule has 2 N–H and O–H groups in total. The van der Waals surface area contributed by atoms with Gasteiger partial charge < -0.3 is 20.4 Å². The Balaban J connectivity index is 1.59. The van der Waals surface area contributed by atoms with Crippen molar-refractivity contribution in [3.8, 4) is 0 Å². The first-order valence-electron chi connectivity index (χ1n) is 10.9. The van der Waals surface area contributed by atoms with Gasteiger partial charge >= 0.3 is 0 Å². The second kappa shape index (κ2) is 9.98. The van der Waals surface area contributed by atoms with Crippen LogP contribution in [-0.4, -0.2) is 60.5 Å². The first kappa shape index (κ1) is 22.7. The van der Waals surface area contributed by atoms with E-state index in [0.29, 0.717) is 15.8 Å². The zero-order valence-electron chi connectivity index (χ0n) is 18.3. The Kier molecular flexibility index (Phi) is 7.08. The van der Waals surface area contributed by atoms with Gasteiger partial charge in [-0.3, -0.25) is 4.79 Å². The highest BCUT2D eigenvalue weighted by Crippen LogP contribution is 2.29. The van der Waals surface area contributed by atoms with Crippen LogP contribution in [0.15, 0.2) is 53.5 Å². The smallest absolute Gasteiger partial charge is 0.272 e. The van der Waals surface area contributed by atoms with Crippen molar-refractivity contribution >= 4 is 46.2 Å². The van der Waals surface area contributed by atoms with Gasteiger partial charge in [0.25, 0.3) is 5.91 Å². The van der Waals surface area contributed by atoms with E-state index < -0.39 is 6.17 Å². The molecule has 0 saturated carbocycles. The molecule has 0 aliphatic carbocycles. The van der Waals surface area contributed by atoms with Gasteiger partial charge in [-0.1, -0.05) is 41.9 Å². The molecule has 6 nitrogen and oxygen atoms in total. The van der Waals surface area contributed by atoms with Crippen molar-refractivity contribution in [3.05, 3.63) is 64.7 Å². The lowest BCUT2D eigenvalue weighted by atomic mass is 10.0. The summed E-state index contributed by atoms with van der Waals surface area (Å²) in [4.78, 5) is 22.2. The van der Waals surface area contributed by atoms with Crippen molar-refractivity contribution in [2.75, 3.05) is 31.6 Å². The zero-order valence-corrected chi connectivity index (χ0v) is 19.9. The van der Waals surface area contributed by atoms with Gasteiger partial charge in [0.2, 0.25) is 6.17 Å². The maximum Gasteiger partial charge on any atom is 0.272 e. The molecule has 1 saturated heterocycles. The van der Waals surface area contributed by atoms with E-state index in [4.69, 9.17) is 28.8 Å². The minimum atomic E-state index is -0.847. The Bertz CT molecular complexity index is 1020. The van der Waals surface area contributed by atoms with Crippen LogP contribution in [0.25, 0.3) is 0 Å². The van der Waals surface area contributed by atoms with Crippen LogP contribution in [0, 0.1) is 0 Å². The highest BCUT2D eigenvalue weighted by Gasteiger charge is 2.31. The number of hydrogen-bond donors (Lipinski definition) is 2. The molecule has 0 bridgehead atoms. The SMILES string of the molecule is CC(CN1CCCC1)NC(=S)NC1N=C(c2ccccc2)c2cc(Cl)ccc2N(C)C1=O. The van der Waals surface area contributed by atoms with Gasteiger partial charge in [-0.25, -0.2) is 4.99 Å². The van der Waals surface area contributed by atoms with Gasteiger partial charge in [0, 0.05) is 35.8 Å². The van der Waals surface area contributed by atoms with Crippen molar-refractivity contribution in [2.24, 2.45) is 4.99 Å². The Labute approximate surface area is 199 Å². The van der Waals surface area contributed by atoms with Crippen LogP contribution < -0.4 is 15.5 Å². The summed E-state index contributed by atoms with van der Waals surface area (Å²) in [6.45, 7) is 5.28. The van der Waals surface area contributed by atoms with E-state index in [1.54, 1.807) is 18.0 Å². The number of rotatable bonds is 5. The Morgan fingerprint density at radius 3 is 2.66 bits per heavy atom. The van der Waals surface area contributed by atoms with Gasteiger partial charge in [-0.05, 0) is 63.3 Å². The lowest BCUT2D eigenvalue weighted by molar-refractivity contribution is -0.119. The number of likely N-dealkylation sites (tertiary alicyclic amines) is 1. The maximum atomic E-state index is 13.3. The van der Waals surface area contributed by atoms with E-state index in [2.05, 4.69) is 22.5 Å². The van der Waals surface area contributed by atoms with E-state index in [1.807, 2.05) is 42.5 Å². The van der Waals surface area contributed by atoms with Crippen LogP contribution in [-0.2, 0) is 4.79 Å². The molecule has 2 aliphatic rings. The average Bonchev–Trinajstić information content (AvgIpc) is 3.25. The summed E-state index contributed by atoms with van der Waals surface area (Å²) >= 11 is 11.9. The van der Waals surface area contributed by atoms with E-state index in [1.165, 1.54) is 12.8 Å². The van der Waals surface area contributed by atoms with E-state index in [0.717, 1.165) is 36.4 Å². The van der Waals surface area contributed by atoms with E-state index in [9.17, 15) is 4.79 Å². The number of benzodiazepines with no additional fused rings is 1. The topological polar surface area (TPSA) is 60.0 Å². The molecule has 4 rings (SSSR count). The lowest BCUT2D eigenvalue weighted by Gasteiger charge is -2.25. The summed E-state index contributed by atoms with van der Waals surface area (Å²) in [7, 11) is 1.75. The molecule has 8 heteroatoms. The first-order valence-corrected chi connectivity index (χ1v) is 11.7. The van der Waals surface area contributed by atoms with Crippen LogP contribution in [0.2, 0.25) is 5.02 Å². The summed E-state index contributed by atoms with van der Waals surface area (Å²) in [6.07, 6.45) is 1.65. The molecule has 2 heterocycles. The molecule has 2 unspecified atom stereocenters. The lowest BCUT2D eigenvalue weighted by Crippen LogP contribution is -2.52. The molecule has 0 spiro atoms. The molecular weight excluding hydrogens is 442 g/mol. The van der Waals surface area contributed by atoms with E-state index in [-0.39, 0.29) is 11.9 Å². The third-order valence-corrected chi connectivity index (χ3v) is 6.29. The van der Waals surface area contributed by atoms with Crippen LogP contribution in [0.5, 0.6) is 0 Å². The number of anilines is 1. The molecule has 1 amide bonds. The van der Waals surface area contributed by atoms with Gasteiger partial charge in [-0.2, -0.15) is 0 Å². The molecule has 0 aromatic heterocycles. The molecule has 168 valence electrons. The highest BCUT2D eigenvalue weighted by molar-refractivity contribution is 7.80. The normalized spacial score (nSPS) is 19.7. The number of thiocarbonyl (C=S) groups is 1. The van der Waals surface area contributed by atoms with Gasteiger partial charge in [0.15, 0.2) is 5.11 Å². The molecule has 2 aromatic rings. The van der Waals surface area contributed by atoms with Crippen LogP contribution in [0.4, 0.5) is 5.69 Å². The minimum absolute atomic E-state index is 0.167. The Morgan fingerprint density at radius 1 is 1.22 bits per heavy atom. The molecule has 1 fully saturated rings. The fourth-order valence-corrected chi connectivity index (χ4v) is 4.74. The van der Waals surface area contributed by atoms with Gasteiger partial charge in [-0.15, -0.1) is 0 Å². The summed E-state index contributed by atoms with van der Waals surface area (Å²) in [5, 5.41) is 7.46. The first-order chi connectivity index (χ1) is 15.4. The molecule has 2 aromatic carbocycles. The number of likely N-dealkylation sites (N-methyl/N-ethyl adjacent to an activating group) is 1. The quantitative estimate of drug-likeness (QED) is 0.657. The number of hydrogen-bond acceptors (Lipinski definition) is 4. The summed E-state index contributed by atoms with van der Waals surface area (Å²) < 4.78 is 0. The number of carbonyl (C=O) groups is 1. The Hall–Kier alpha value is -2.48. The maximum absolute atomic E-state index is 13.3. The average molecular weight is 470 g/mol. The van der Waals surface area contributed by atoms with E-state index >= 15 is 0 Å². The van der Waals surface area contributed by atoms with Gasteiger partial charge in [0.1, 0.15) is 0 Å². The summed E-state index contributed by atoms with van der Waals surface area (Å²) in [5.74, 6) is -0.184. The van der Waals surface area contributed by atoms with Crippen LogP contribution in [0.3, 0.4) is 0 Å². The monoisotopic (exact) mass is 469 g/mol. The third-order valence-electron chi connectivity index (χ3n) is 5.82. The highest BCUT2D eigenvalue weighted by atomic mass is 35.5. The second-order valence-corrected chi connectivity index (χ2v) is 9.18. The summed E-state index contributed by atoms with van der Waals surface area (Å²) in [5.41, 5.74) is 3.18. The molecule has 0 radical (unpaired) electrons. The molecular formula is C24H28ClN5OS. The number of nitrogens with zero attached hydrogens (tertiary/aromatic N) is 3. The van der Waals surface area contributed by atoms with Crippen molar-refractivity contribution in [1.29, 1.82) is 0 Å². The molecule has 2 aliphatic heterocycles. The predicted molar refractivity (Wildman–Crippen MR) is 135 cm³/mol. The Morgan fingerprint density at radius 2 is 1.94 bits per heavy atom. The fourth-order valence-electron chi connectivity index (χ4n) is 4.25. The molecule has 2 atom stereocenters. The van der Waals surface area contributed by atoms with Crippen LogP contribution >= 0.6 is 23.8 Å². The number of carbonyl (C=O) groups excluding carboxylic acids is 1. The zero-order chi connectivity index (χ0) is 22.7. The number of benzene rings is 2. The second-order valence-electron chi connectivity index (χ2n) is 8.33. The van der Waals surface area contributed by atoms with Gasteiger partial charge in [0.05, 0.1) is 11.4 Å². The number of aliphatic imine (C=N–C) groups is 1. The fraction of sp³-hybridized carbons (Fsp3) is 0.375. The minimum Gasteiger partial charge on any atom is -0.359 e. The summed E-state index contributed by atoms with van der Waals surface area (Å²) in [6, 6.07) is 15.5.